The first kappa shape index (κ1) is 18.2. The number of nitrogens with one attached hydrogen (secondary N) is 2. The van der Waals surface area contributed by atoms with Gasteiger partial charge in [0.1, 0.15) is 0 Å². The van der Waals surface area contributed by atoms with E-state index in [1.54, 1.807) is 6.20 Å². The molecular formula is C16H19Cl2N3OS. The molecule has 1 saturated heterocycles. The van der Waals surface area contributed by atoms with Crippen LogP contribution in [0.2, 0.25) is 5.02 Å². The Balaban J connectivity index is 0.00000192. The molecule has 2 N–H and O–H groups in total. The fourth-order valence-electron chi connectivity index (χ4n) is 2.37. The maximum Gasteiger partial charge on any atom is 0.229 e. The van der Waals surface area contributed by atoms with Crippen molar-refractivity contribution in [2.75, 3.05) is 18.4 Å². The average Bonchev–Trinajstić information content (AvgIpc) is 2.86. The Morgan fingerprint density at radius 3 is 2.87 bits per heavy atom. The molecule has 23 heavy (non-hydrogen) atoms. The minimum Gasteiger partial charge on any atom is -0.316 e. The van der Waals surface area contributed by atoms with Crippen LogP contribution in [0.3, 0.4) is 0 Å². The zero-order chi connectivity index (χ0) is 15.5. The Kier molecular flexibility index (Phi) is 6.41. The number of rotatable bonds is 5. The van der Waals surface area contributed by atoms with E-state index in [0.717, 1.165) is 35.0 Å². The number of nitrogens with zero attached hydrogens (tertiary/aromatic N) is 1. The predicted octanol–water partition coefficient (Wildman–Crippen LogP) is 3.60. The second-order valence-electron chi connectivity index (χ2n) is 5.60. The lowest BCUT2D eigenvalue weighted by Gasteiger charge is -2.31. The van der Waals surface area contributed by atoms with Gasteiger partial charge in [-0.3, -0.25) is 4.79 Å². The molecule has 1 aromatic heterocycles. The van der Waals surface area contributed by atoms with Gasteiger partial charge in [0.05, 0.1) is 0 Å². The van der Waals surface area contributed by atoms with Gasteiger partial charge in [-0.2, -0.15) is 0 Å². The monoisotopic (exact) mass is 371 g/mol. The Labute approximate surface area is 151 Å². The molecule has 2 aromatic rings. The third-order valence-corrected chi connectivity index (χ3v) is 5.32. The number of benzene rings is 1. The Morgan fingerprint density at radius 1 is 1.48 bits per heavy atom. The molecule has 1 aromatic carbocycles. The van der Waals surface area contributed by atoms with Gasteiger partial charge in [-0.15, -0.1) is 23.7 Å². The van der Waals surface area contributed by atoms with Gasteiger partial charge in [-0.25, -0.2) is 4.98 Å². The lowest BCUT2D eigenvalue weighted by molar-refractivity contribution is -0.121. The number of carbonyl (C=O) groups is 1. The van der Waals surface area contributed by atoms with E-state index in [1.165, 1.54) is 11.3 Å². The number of hydrogen-bond donors (Lipinski definition) is 2. The maximum atomic E-state index is 12.2. The topological polar surface area (TPSA) is 54.0 Å². The van der Waals surface area contributed by atoms with E-state index in [0.29, 0.717) is 11.0 Å². The predicted molar refractivity (Wildman–Crippen MR) is 97.8 cm³/mol. The zero-order valence-corrected chi connectivity index (χ0v) is 15.1. The molecule has 0 bridgehead atoms. The highest BCUT2D eigenvalue weighted by atomic mass is 35.5. The maximum absolute atomic E-state index is 12.2. The molecule has 1 fully saturated rings. The summed E-state index contributed by atoms with van der Waals surface area (Å²) in [5.41, 5.74) is 1.07. The van der Waals surface area contributed by atoms with Crippen LogP contribution < -0.4 is 10.6 Å². The minimum atomic E-state index is 0. The number of aromatic nitrogens is 1. The fourth-order valence-corrected chi connectivity index (χ4v) is 3.42. The van der Waals surface area contributed by atoms with Gasteiger partial charge in [-0.1, -0.05) is 36.7 Å². The first-order valence-corrected chi connectivity index (χ1v) is 8.52. The van der Waals surface area contributed by atoms with Crippen LogP contribution in [-0.4, -0.2) is 24.0 Å². The summed E-state index contributed by atoms with van der Waals surface area (Å²) in [6.45, 7) is 3.81. The first-order valence-electron chi connectivity index (χ1n) is 7.33. The van der Waals surface area contributed by atoms with Crippen LogP contribution in [0.5, 0.6) is 0 Å². The van der Waals surface area contributed by atoms with Crippen molar-refractivity contribution in [3.63, 3.8) is 0 Å². The van der Waals surface area contributed by atoms with Gasteiger partial charge in [0, 0.05) is 28.4 Å². The molecule has 1 amide bonds. The molecule has 1 unspecified atom stereocenters. The highest BCUT2D eigenvalue weighted by molar-refractivity contribution is 7.15. The van der Waals surface area contributed by atoms with Crippen molar-refractivity contribution in [3.8, 4) is 0 Å². The minimum absolute atomic E-state index is 0. The van der Waals surface area contributed by atoms with Gasteiger partial charge in [0.15, 0.2) is 5.13 Å². The average molecular weight is 372 g/mol. The van der Waals surface area contributed by atoms with Crippen molar-refractivity contribution in [2.45, 2.75) is 13.3 Å². The molecule has 7 heteroatoms. The summed E-state index contributed by atoms with van der Waals surface area (Å²) in [7, 11) is 0. The van der Waals surface area contributed by atoms with Crippen LogP contribution in [0.1, 0.15) is 17.4 Å². The molecule has 0 spiro atoms. The van der Waals surface area contributed by atoms with Gasteiger partial charge < -0.3 is 10.6 Å². The van der Waals surface area contributed by atoms with E-state index in [2.05, 4.69) is 15.6 Å². The second kappa shape index (κ2) is 8.11. The number of amides is 1. The molecular weight excluding hydrogens is 353 g/mol. The van der Waals surface area contributed by atoms with Crippen molar-refractivity contribution in [3.05, 3.63) is 45.9 Å². The summed E-state index contributed by atoms with van der Waals surface area (Å²) in [5.74, 6) is 0.491. The fraction of sp³-hybridized carbons (Fsp3) is 0.375. The number of thiazole rings is 1. The number of halogens is 2. The molecule has 2 heterocycles. The van der Waals surface area contributed by atoms with Gasteiger partial charge in [0.25, 0.3) is 0 Å². The summed E-state index contributed by atoms with van der Waals surface area (Å²) in [4.78, 5) is 17.6. The van der Waals surface area contributed by atoms with Gasteiger partial charge in [-0.05, 0) is 30.6 Å². The van der Waals surface area contributed by atoms with Crippen LogP contribution >= 0.6 is 35.3 Å². The third-order valence-electron chi connectivity index (χ3n) is 4.04. The number of anilines is 1. The van der Waals surface area contributed by atoms with Crippen LogP contribution in [0.4, 0.5) is 5.13 Å². The summed E-state index contributed by atoms with van der Waals surface area (Å²) in [6, 6.07) is 7.78. The molecule has 0 radical (unpaired) electrons. The highest BCUT2D eigenvalue weighted by Crippen LogP contribution is 2.25. The van der Waals surface area contributed by atoms with Crippen molar-refractivity contribution in [2.24, 2.45) is 11.8 Å². The summed E-state index contributed by atoms with van der Waals surface area (Å²) >= 11 is 7.67. The van der Waals surface area contributed by atoms with Gasteiger partial charge >= 0.3 is 0 Å². The van der Waals surface area contributed by atoms with Crippen molar-refractivity contribution < 1.29 is 4.79 Å². The summed E-state index contributed by atoms with van der Waals surface area (Å²) in [5, 5.41) is 7.53. The third kappa shape index (κ3) is 4.44. The largest absolute Gasteiger partial charge is 0.316 e. The van der Waals surface area contributed by atoms with Crippen LogP contribution in [0.15, 0.2) is 30.5 Å². The SMILES string of the molecule is CC(C(=O)Nc1ncc(Cc2ccccc2Cl)s1)C1CNC1.Cl. The molecule has 1 aliphatic heterocycles. The smallest absolute Gasteiger partial charge is 0.229 e. The van der Waals surface area contributed by atoms with Crippen molar-refractivity contribution in [1.29, 1.82) is 0 Å². The van der Waals surface area contributed by atoms with E-state index in [4.69, 9.17) is 11.6 Å². The second-order valence-corrected chi connectivity index (χ2v) is 7.12. The summed E-state index contributed by atoms with van der Waals surface area (Å²) in [6.07, 6.45) is 2.54. The summed E-state index contributed by atoms with van der Waals surface area (Å²) < 4.78 is 0. The van der Waals surface area contributed by atoms with E-state index < -0.39 is 0 Å². The molecule has 4 nitrogen and oxygen atoms in total. The molecule has 124 valence electrons. The standard InChI is InChI=1S/C16H18ClN3OS.ClH/c1-10(12-7-18-8-12)15(21)20-16-19-9-13(22-16)6-11-4-2-3-5-14(11)17;/h2-5,9-10,12,18H,6-8H2,1H3,(H,19,20,21);1H. The number of hydrogen-bond acceptors (Lipinski definition) is 4. The molecule has 0 aliphatic carbocycles. The lowest BCUT2D eigenvalue weighted by atomic mass is 9.88. The molecule has 0 saturated carbocycles. The van der Waals surface area contributed by atoms with Crippen LogP contribution in [-0.2, 0) is 11.2 Å². The molecule has 1 aliphatic rings. The first-order chi connectivity index (χ1) is 10.6. The van der Waals surface area contributed by atoms with Gasteiger partial charge in [0.2, 0.25) is 5.91 Å². The Morgan fingerprint density at radius 2 is 2.22 bits per heavy atom. The Hall–Kier alpha value is -1.14. The lowest BCUT2D eigenvalue weighted by Crippen LogP contribution is -2.48. The highest BCUT2D eigenvalue weighted by Gasteiger charge is 2.29. The molecule has 1 atom stereocenters. The molecule has 3 rings (SSSR count). The van der Waals surface area contributed by atoms with Crippen molar-refractivity contribution >= 4 is 46.4 Å². The zero-order valence-electron chi connectivity index (χ0n) is 12.7. The Bertz CT molecular complexity index is 673. The van der Waals surface area contributed by atoms with Crippen LogP contribution in [0, 0.1) is 11.8 Å². The quantitative estimate of drug-likeness (QED) is 0.843. The van der Waals surface area contributed by atoms with Crippen LogP contribution in [0.25, 0.3) is 0 Å². The van der Waals surface area contributed by atoms with Crippen molar-refractivity contribution in [1.82, 2.24) is 10.3 Å². The number of carbonyl (C=O) groups excluding carboxylic acids is 1. The van der Waals surface area contributed by atoms with E-state index in [9.17, 15) is 4.79 Å². The van der Waals surface area contributed by atoms with E-state index >= 15 is 0 Å². The normalized spacial score (nSPS) is 15.4. The van der Waals surface area contributed by atoms with E-state index in [1.807, 2.05) is 31.2 Å². The van der Waals surface area contributed by atoms with E-state index in [-0.39, 0.29) is 24.2 Å².